The van der Waals surface area contributed by atoms with Gasteiger partial charge in [-0.3, -0.25) is 0 Å². The number of nitrogens with zero attached hydrogens (tertiary/aromatic N) is 4. The van der Waals surface area contributed by atoms with Gasteiger partial charge in [-0.05, 0) is 74.4 Å². The number of fused-ring (bicyclic) bond motifs is 3. The molecule has 1 aliphatic heterocycles. The molecule has 3 heterocycles. The molecule has 0 saturated heterocycles. The van der Waals surface area contributed by atoms with Crippen molar-refractivity contribution in [3.8, 4) is 17.3 Å². The molecule has 6 rings (SSSR count). The molecule has 0 fully saturated rings. The molecular weight excluding hydrogens is 498 g/mol. The summed E-state index contributed by atoms with van der Waals surface area (Å²) < 4.78 is 9.80. The Labute approximate surface area is 234 Å². The number of anilines is 1. The topological polar surface area (TPSA) is 64.3 Å². The van der Waals surface area contributed by atoms with Gasteiger partial charge in [-0.25, -0.2) is 9.48 Å². The van der Waals surface area contributed by atoms with Crippen molar-refractivity contribution >= 4 is 11.7 Å². The third kappa shape index (κ3) is 4.64. The predicted octanol–water partition coefficient (Wildman–Crippen LogP) is 7.07. The molecule has 0 unspecified atom stereocenters. The highest BCUT2D eigenvalue weighted by molar-refractivity contribution is 5.90. The number of ether oxygens (including phenoxy) is 1. The van der Waals surface area contributed by atoms with Crippen molar-refractivity contribution in [1.29, 1.82) is 0 Å². The van der Waals surface area contributed by atoms with Crippen molar-refractivity contribution in [2.24, 2.45) is 0 Å². The Morgan fingerprint density at radius 2 is 1.77 bits per heavy atom. The normalized spacial score (nSPS) is 14.3. The number of benzene rings is 3. The van der Waals surface area contributed by atoms with E-state index >= 15 is 0 Å². The van der Waals surface area contributed by atoms with Crippen LogP contribution in [-0.4, -0.2) is 31.9 Å². The molecule has 5 aromatic rings. The summed E-state index contributed by atoms with van der Waals surface area (Å²) in [5.74, 6) is 1.74. The van der Waals surface area contributed by atoms with Crippen molar-refractivity contribution in [1.82, 2.24) is 19.2 Å². The first-order valence-corrected chi connectivity index (χ1v) is 13.8. The Bertz CT molecular complexity index is 1640. The number of rotatable bonds is 6. The lowest BCUT2D eigenvalue weighted by atomic mass is 10.00. The second-order valence-electron chi connectivity index (χ2n) is 9.98. The van der Waals surface area contributed by atoms with Crippen LogP contribution in [0, 0.1) is 6.92 Å². The van der Waals surface area contributed by atoms with Crippen LogP contribution in [-0.2, 0) is 13.0 Å². The lowest BCUT2D eigenvalue weighted by molar-refractivity contribution is 0.194. The molecule has 0 spiro atoms. The van der Waals surface area contributed by atoms with Crippen LogP contribution in [0.15, 0.2) is 97.2 Å². The number of carbonyl (C=O) groups excluding carboxylic acids is 1. The Morgan fingerprint density at radius 3 is 2.50 bits per heavy atom. The van der Waals surface area contributed by atoms with Gasteiger partial charge in [0.1, 0.15) is 11.6 Å². The van der Waals surface area contributed by atoms with E-state index in [0.717, 1.165) is 51.8 Å². The lowest BCUT2D eigenvalue weighted by Gasteiger charge is -2.31. The molecular formula is C33H33N5O2. The summed E-state index contributed by atoms with van der Waals surface area (Å²) in [6.45, 7) is 7.15. The van der Waals surface area contributed by atoms with Gasteiger partial charge in [-0.1, -0.05) is 55.0 Å². The van der Waals surface area contributed by atoms with Crippen LogP contribution in [0.25, 0.3) is 11.5 Å². The van der Waals surface area contributed by atoms with Gasteiger partial charge in [0.15, 0.2) is 0 Å². The average molecular weight is 532 g/mol. The zero-order valence-corrected chi connectivity index (χ0v) is 23.0. The first-order chi connectivity index (χ1) is 19.6. The average Bonchev–Trinajstić information content (AvgIpc) is 3.55. The number of aromatic nitrogens is 3. The van der Waals surface area contributed by atoms with Gasteiger partial charge in [0.25, 0.3) is 0 Å². The van der Waals surface area contributed by atoms with Crippen LogP contribution < -0.4 is 10.1 Å². The standard InChI is InChI=1S/C33H33N5O2/c1-4-29-28-22-37(33(39)34-25-16-18-27(19-17-25)40-5-2)31(24-12-9-11-23(3)21-24)30-15-10-20-36(30)32(28)38(35-29)26-13-7-6-8-14-26/h6-21,31H,4-5,22H2,1-3H3,(H,34,39)/t31-/m0/s1. The number of nitrogens with one attached hydrogen (secondary N) is 1. The lowest BCUT2D eigenvalue weighted by Crippen LogP contribution is -2.38. The molecule has 1 N–H and O–H groups in total. The zero-order valence-electron chi connectivity index (χ0n) is 23.0. The summed E-state index contributed by atoms with van der Waals surface area (Å²) in [5.41, 5.74) is 6.93. The predicted molar refractivity (Wildman–Crippen MR) is 157 cm³/mol. The van der Waals surface area contributed by atoms with Gasteiger partial charge < -0.3 is 19.5 Å². The SMILES string of the molecule is CCOc1ccc(NC(=O)N2Cc3c(CC)nn(-c4ccccc4)c3-n3cccc3[C@@H]2c2cccc(C)c2)cc1. The van der Waals surface area contributed by atoms with E-state index in [1.807, 2.05) is 65.0 Å². The fourth-order valence-corrected chi connectivity index (χ4v) is 5.54. The minimum atomic E-state index is -0.307. The third-order valence-electron chi connectivity index (χ3n) is 7.34. The second-order valence-corrected chi connectivity index (χ2v) is 9.98. The van der Waals surface area contributed by atoms with Crippen LogP contribution in [0.1, 0.15) is 48.0 Å². The Balaban J connectivity index is 1.50. The highest BCUT2D eigenvalue weighted by atomic mass is 16.5. The fourth-order valence-electron chi connectivity index (χ4n) is 5.54. The van der Waals surface area contributed by atoms with Gasteiger partial charge in [-0.2, -0.15) is 5.10 Å². The minimum Gasteiger partial charge on any atom is -0.494 e. The molecule has 0 saturated carbocycles. The molecule has 0 bridgehead atoms. The molecule has 2 amide bonds. The number of para-hydroxylation sites is 1. The highest BCUT2D eigenvalue weighted by Gasteiger charge is 2.36. The summed E-state index contributed by atoms with van der Waals surface area (Å²) >= 11 is 0. The second kappa shape index (κ2) is 10.8. The van der Waals surface area contributed by atoms with Crippen LogP contribution in [0.3, 0.4) is 0 Å². The van der Waals surface area contributed by atoms with Crippen molar-refractivity contribution in [2.75, 3.05) is 11.9 Å². The molecule has 0 radical (unpaired) electrons. The molecule has 0 aliphatic carbocycles. The van der Waals surface area contributed by atoms with Crippen molar-refractivity contribution < 1.29 is 9.53 Å². The molecule has 2 aromatic heterocycles. The first kappa shape index (κ1) is 25.5. The van der Waals surface area contributed by atoms with Gasteiger partial charge in [0.2, 0.25) is 0 Å². The maximum Gasteiger partial charge on any atom is 0.322 e. The molecule has 3 aromatic carbocycles. The quantitative estimate of drug-likeness (QED) is 0.255. The Kier molecular flexibility index (Phi) is 6.86. The van der Waals surface area contributed by atoms with Gasteiger partial charge in [-0.15, -0.1) is 0 Å². The molecule has 1 aliphatic rings. The molecule has 202 valence electrons. The maximum absolute atomic E-state index is 14.2. The number of hydrogen-bond acceptors (Lipinski definition) is 3. The van der Waals surface area contributed by atoms with Gasteiger partial charge in [0, 0.05) is 17.4 Å². The molecule has 40 heavy (non-hydrogen) atoms. The minimum absolute atomic E-state index is 0.175. The van der Waals surface area contributed by atoms with Crippen LogP contribution in [0.5, 0.6) is 5.75 Å². The molecule has 1 atom stereocenters. The van der Waals surface area contributed by atoms with Crippen molar-refractivity contribution in [3.63, 3.8) is 0 Å². The van der Waals surface area contributed by atoms with Crippen LogP contribution in [0.4, 0.5) is 10.5 Å². The van der Waals surface area contributed by atoms with E-state index in [2.05, 4.69) is 72.4 Å². The number of hydrogen-bond donors (Lipinski definition) is 1. The number of carbonyl (C=O) groups is 1. The zero-order chi connectivity index (χ0) is 27.6. The third-order valence-corrected chi connectivity index (χ3v) is 7.34. The molecule has 7 nitrogen and oxygen atoms in total. The Hall–Kier alpha value is -4.78. The van der Waals surface area contributed by atoms with Gasteiger partial charge >= 0.3 is 6.03 Å². The summed E-state index contributed by atoms with van der Waals surface area (Å²) in [6, 6.07) is 29.8. The fraction of sp³-hybridized carbons (Fsp3) is 0.212. The number of amides is 2. The summed E-state index contributed by atoms with van der Waals surface area (Å²) in [6.07, 6.45) is 2.83. The summed E-state index contributed by atoms with van der Waals surface area (Å²) in [7, 11) is 0. The van der Waals surface area contributed by atoms with E-state index in [-0.39, 0.29) is 12.1 Å². The first-order valence-electron chi connectivity index (χ1n) is 13.8. The summed E-state index contributed by atoms with van der Waals surface area (Å²) in [4.78, 5) is 16.1. The van der Waals surface area contributed by atoms with E-state index in [1.54, 1.807) is 0 Å². The number of aryl methyl sites for hydroxylation is 2. The Morgan fingerprint density at radius 1 is 0.975 bits per heavy atom. The van der Waals surface area contributed by atoms with Crippen molar-refractivity contribution in [3.05, 3.63) is 125 Å². The van der Waals surface area contributed by atoms with E-state index in [1.165, 1.54) is 0 Å². The van der Waals surface area contributed by atoms with E-state index in [4.69, 9.17) is 9.84 Å². The van der Waals surface area contributed by atoms with Crippen molar-refractivity contribution in [2.45, 2.75) is 39.8 Å². The van der Waals surface area contributed by atoms with E-state index in [0.29, 0.717) is 18.8 Å². The monoisotopic (exact) mass is 531 g/mol. The molecule has 7 heteroatoms. The smallest absolute Gasteiger partial charge is 0.322 e. The largest absolute Gasteiger partial charge is 0.494 e. The maximum atomic E-state index is 14.2. The van der Waals surface area contributed by atoms with E-state index < -0.39 is 0 Å². The van der Waals surface area contributed by atoms with Crippen LogP contribution >= 0.6 is 0 Å². The number of urea groups is 1. The van der Waals surface area contributed by atoms with Gasteiger partial charge in [0.05, 0.1) is 36.3 Å². The highest BCUT2D eigenvalue weighted by Crippen LogP contribution is 2.39. The summed E-state index contributed by atoms with van der Waals surface area (Å²) in [5, 5.41) is 8.19. The van der Waals surface area contributed by atoms with Crippen LogP contribution in [0.2, 0.25) is 0 Å². The van der Waals surface area contributed by atoms with E-state index in [9.17, 15) is 4.79 Å².